The molecule has 2 aromatic rings. The second-order valence-corrected chi connectivity index (χ2v) is 6.80. The van der Waals surface area contributed by atoms with Crippen molar-refractivity contribution in [1.29, 1.82) is 0 Å². The maximum absolute atomic E-state index is 11.9. The van der Waals surface area contributed by atoms with Crippen LogP contribution >= 0.6 is 0 Å². The van der Waals surface area contributed by atoms with E-state index in [9.17, 15) is 13.2 Å². The normalized spacial score (nSPS) is 13.2. The molecule has 21 heavy (non-hydrogen) atoms. The predicted octanol–water partition coefficient (Wildman–Crippen LogP) is 1.19. The molecule has 0 saturated heterocycles. The van der Waals surface area contributed by atoms with Crippen LogP contribution in [0.15, 0.2) is 30.5 Å². The van der Waals surface area contributed by atoms with Crippen molar-refractivity contribution in [2.24, 2.45) is 0 Å². The van der Waals surface area contributed by atoms with Crippen molar-refractivity contribution in [3.8, 4) is 0 Å². The summed E-state index contributed by atoms with van der Waals surface area (Å²) in [7, 11) is -2.55. The Morgan fingerprint density at radius 1 is 1.38 bits per heavy atom. The first kappa shape index (κ1) is 15.5. The zero-order valence-electron chi connectivity index (χ0n) is 11.9. The van der Waals surface area contributed by atoms with E-state index in [1.165, 1.54) is 14.0 Å². The fourth-order valence-corrected chi connectivity index (χ4v) is 3.07. The molecule has 0 spiro atoms. The number of aromatic amines is 1. The molecule has 0 amide bonds. The van der Waals surface area contributed by atoms with E-state index >= 15 is 0 Å². The van der Waals surface area contributed by atoms with E-state index in [2.05, 4.69) is 14.4 Å². The number of hydrogen-bond donors (Lipinski definition) is 2. The van der Waals surface area contributed by atoms with Gasteiger partial charge in [-0.1, -0.05) is 18.2 Å². The molecule has 7 heteroatoms. The molecule has 0 saturated carbocycles. The largest absolute Gasteiger partial charge is 0.468 e. The number of aromatic nitrogens is 1. The first-order chi connectivity index (χ1) is 9.95. The SMILES string of the molecule is COC(=O)C(C)S(=O)(=O)NCCc1c[nH]c2ccccc12. The lowest BCUT2D eigenvalue weighted by molar-refractivity contribution is -0.139. The van der Waals surface area contributed by atoms with Gasteiger partial charge in [0, 0.05) is 23.6 Å². The summed E-state index contributed by atoms with van der Waals surface area (Å²) in [6, 6.07) is 7.81. The number of esters is 1. The van der Waals surface area contributed by atoms with Gasteiger partial charge >= 0.3 is 5.97 Å². The van der Waals surface area contributed by atoms with Crippen LogP contribution in [-0.2, 0) is 26.0 Å². The van der Waals surface area contributed by atoms with Crippen molar-refractivity contribution in [3.05, 3.63) is 36.0 Å². The number of ether oxygens (including phenoxy) is 1. The Kier molecular flexibility index (Phi) is 4.64. The van der Waals surface area contributed by atoms with Gasteiger partial charge in [0.15, 0.2) is 5.25 Å². The van der Waals surface area contributed by atoms with Gasteiger partial charge in [0.05, 0.1) is 7.11 Å². The fraction of sp³-hybridized carbons (Fsp3) is 0.357. The average Bonchev–Trinajstić information content (AvgIpc) is 2.89. The molecule has 0 aliphatic heterocycles. The molecular formula is C14H18N2O4S. The molecule has 0 fully saturated rings. The highest BCUT2D eigenvalue weighted by Gasteiger charge is 2.28. The van der Waals surface area contributed by atoms with Gasteiger partial charge in [-0.3, -0.25) is 4.79 Å². The number of para-hydroxylation sites is 1. The first-order valence-corrected chi connectivity index (χ1v) is 8.11. The van der Waals surface area contributed by atoms with Crippen LogP contribution in [-0.4, -0.2) is 38.3 Å². The minimum atomic E-state index is -3.71. The van der Waals surface area contributed by atoms with Crippen LogP contribution in [0.2, 0.25) is 0 Å². The molecule has 2 N–H and O–H groups in total. The minimum Gasteiger partial charge on any atom is -0.468 e. The lowest BCUT2D eigenvalue weighted by Crippen LogP contribution is -2.39. The summed E-state index contributed by atoms with van der Waals surface area (Å²) in [4.78, 5) is 14.4. The number of rotatable bonds is 6. The molecule has 1 atom stereocenters. The molecular weight excluding hydrogens is 292 g/mol. The van der Waals surface area contributed by atoms with Crippen LogP contribution in [0.5, 0.6) is 0 Å². The molecule has 2 rings (SSSR count). The second-order valence-electron chi connectivity index (χ2n) is 4.71. The van der Waals surface area contributed by atoms with Gasteiger partial charge in [-0.15, -0.1) is 0 Å². The van der Waals surface area contributed by atoms with E-state index in [0.29, 0.717) is 6.42 Å². The third kappa shape index (κ3) is 3.43. The van der Waals surface area contributed by atoms with Crippen molar-refractivity contribution in [2.45, 2.75) is 18.6 Å². The first-order valence-electron chi connectivity index (χ1n) is 6.57. The molecule has 0 radical (unpaired) electrons. The Morgan fingerprint density at radius 2 is 2.10 bits per heavy atom. The summed E-state index contributed by atoms with van der Waals surface area (Å²) in [6.07, 6.45) is 2.40. The van der Waals surface area contributed by atoms with Gasteiger partial charge in [-0.05, 0) is 25.0 Å². The highest BCUT2D eigenvalue weighted by atomic mass is 32.2. The fourth-order valence-electron chi connectivity index (χ4n) is 2.08. The monoisotopic (exact) mass is 310 g/mol. The number of carbonyl (C=O) groups is 1. The van der Waals surface area contributed by atoms with E-state index in [0.717, 1.165) is 16.5 Å². The molecule has 1 aromatic carbocycles. The molecule has 6 nitrogen and oxygen atoms in total. The summed E-state index contributed by atoms with van der Waals surface area (Å²) in [6.45, 7) is 1.53. The summed E-state index contributed by atoms with van der Waals surface area (Å²) < 4.78 is 30.7. The highest BCUT2D eigenvalue weighted by Crippen LogP contribution is 2.17. The highest BCUT2D eigenvalue weighted by molar-refractivity contribution is 7.90. The predicted molar refractivity (Wildman–Crippen MR) is 80.4 cm³/mol. The number of hydrogen-bond acceptors (Lipinski definition) is 4. The van der Waals surface area contributed by atoms with Crippen LogP contribution < -0.4 is 4.72 Å². The third-order valence-corrected chi connectivity index (χ3v) is 5.10. The molecule has 0 aliphatic rings. The van der Waals surface area contributed by atoms with Gasteiger partial charge in [0.2, 0.25) is 10.0 Å². The summed E-state index contributed by atoms with van der Waals surface area (Å²) in [5.74, 6) is -0.769. The van der Waals surface area contributed by atoms with E-state index in [1.807, 2.05) is 30.5 Å². The number of methoxy groups -OCH3 is 1. The Bertz CT molecular complexity index is 736. The number of carbonyl (C=O) groups excluding carboxylic acids is 1. The quantitative estimate of drug-likeness (QED) is 0.785. The van der Waals surface area contributed by atoms with Crippen LogP contribution in [0.4, 0.5) is 0 Å². The minimum absolute atomic E-state index is 0.228. The van der Waals surface area contributed by atoms with Gasteiger partial charge in [0.1, 0.15) is 0 Å². The van der Waals surface area contributed by atoms with Crippen molar-refractivity contribution in [1.82, 2.24) is 9.71 Å². The van der Waals surface area contributed by atoms with E-state index < -0.39 is 21.2 Å². The Balaban J connectivity index is 1.99. The van der Waals surface area contributed by atoms with Gasteiger partial charge in [-0.2, -0.15) is 0 Å². The van der Waals surface area contributed by atoms with Crippen LogP contribution in [0.3, 0.4) is 0 Å². The zero-order chi connectivity index (χ0) is 15.5. The zero-order valence-corrected chi connectivity index (χ0v) is 12.7. The number of nitrogens with one attached hydrogen (secondary N) is 2. The molecule has 114 valence electrons. The third-order valence-electron chi connectivity index (χ3n) is 3.37. The summed E-state index contributed by atoms with van der Waals surface area (Å²) >= 11 is 0. The maximum Gasteiger partial charge on any atom is 0.325 e. The van der Waals surface area contributed by atoms with Crippen LogP contribution in [0.25, 0.3) is 10.9 Å². The Labute approximate surface area is 123 Å². The summed E-state index contributed by atoms with van der Waals surface area (Å²) in [5.41, 5.74) is 2.04. The van der Waals surface area contributed by atoms with Crippen molar-refractivity contribution >= 4 is 26.9 Å². The molecule has 0 aliphatic carbocycles. The number of sulfonamides is 1. The van der Waals surface area contributed by atoms with E-state index in [1.54, 1.807) is 0 Å². The topological polar surface area (TPSA) is 88.3 Å². The molecule has 1 heterocycles. The van der Waals surface area contributed by atoms with Crippen molar-refractivity contribution in [2.75, 3.05) is 13.7 Å². The standard InChI is InChI=1S/C14H18N2O4S/c1-10(14(17)20-2)21(18,19)16-8-7-11-9-15-13-6-4-3-5-12(11)13/h3-6,9-10,15-16H,7-8H2,1-2H3. The lowest BCUT2D eigenvalue weighted by atomic mass is 10.1. The second kappa shape index (κ2) is 6.28. The average molecular weight is 310 g/mol. The Morgan fingerprint density at radius 3 is 2.81 bits per heavy atom. The smallest absolute Gasteiger partial charge is 0.325 e. The van der Waals surface area contributed by atoms with E-state index in [-0.39, 0.29) is 6.54 Å². The number of H-pyrrole nitrogens is 1. The number of fused-ring (bicyclic) bond motifs is 1. The molecule has 0 bridgehead atoms. The van der Waals surface area contributed by atoms with Crippen LogP contribution in [0.1, 0.15) is 12.5 Å². The van der Waals surface area contributed by atoms with Crippen molar-refractivity contribution < 1.29 is 17.9 Å². The molecule has 1 unspecified atom stereocenters. The maximum atomic E-state index is 11.9. The summed E-state index contributed by atoms with van der Waals surface area (Å²) in [5, 5.41) is -0.150. The van der Waals surface area contributed by atoms with Crippen molar-refractivity contribution in [3.63, 3.8) is 0 Å². The van der Waals surface area contributed by atoms with Gasteiger partial charge < -0.3 is 9.72 Å². The van der Waals surface area contributed by atoms with Gasteiger partial charge in [-0.25, -0.2) is 13.1 Å². The van der Waals surface area contributed by atoms with Crippen LogP contribution in [0, 0.1) is 0 Å². The van der Waals surface area contributed by atoms with E-state index in [4.69, 9.17) is 0 Å². The lowest BCUT2D eigenvalue weighted by Gasteiger charge is -2.11. The van der Waals surface area contributed by atoms with Gasteiger partial charge in [0.25, 0.3) is 0 Å². The number of benzene rings is 1. The Hall–Kier alpha value is -1.86. The molecule has 1 aromatic heterocycles.